The molecule has 0 saturated carbocycles. The van der Waals surface area contributed by atoms with Gasteiger partial charge in [0.05, 0.1) is 0 Å². The van der Waals surface area contributed by atoms with E-state index in [9.17, 15) is 17.0 Å². The van der Waals surface area contributed by atoms with Crippen molar-refractivity contribution in [3.8, 4) is 55.6 Å². The molecule has 2 atom stereocenters. The average Bonchev–Trinajstić information content (AvgIpc) is 4.08. The summed E-state index contributed by atoms with van der Waals surface area (Å²) in [5.74, 6) is 0.796. The third-order valence-electron chi connectivity index (χ3n) is 16.1. The molecule has 72 heavy (non-hydrogen) atoms. The molecule has 0 spiro atoms. The van der Waals surface area contributed by atoms with Crippen LogP contribution in [0.25, 0.3) is 67.8 Å². The van der Waals surface area contributed by atoms with Gasteiger partial charge in [0.25, 0.3) is 0 Å². The Morgan fingerprint density at radius 1 is 0.444 bits per heavy atom. The second-order valence-corrected chi connectivity index (χ2v) is 44.3. The van der Waals surface area contributed by atoms with E-state index in [4.69, 9.17) is 0 Å². The van der Waals surface area contributed by atoms with Gasteiger partial charge in [0.1, 0.15) is 0 Å². The molecule has 8 aromatic carbocycles. The number of benzene rings is 8. The zero-order valence-electron chi connectivity index (χ0n) is 42.9. The van der Waals surface area contributed by atoms with Crippen LogP contribution in [0.1, 0.15) is 108 Å². The minimum absolute atomic E-state index is 0.156. The molecule has 2 unspecified atom stereocenters. The van der Waals surface area contributed by atoms with Gasteiger partial charge in [-0.05, 0) is 0 Å². The van der Waals surface area contributed by atoms with Gasteiger partial charge in [0, 0.05) is 0 Å². The van der Waals surface area contributed by atoms with Gasteiger partial charge in [0.15, 0.2) is 0 Å². The Hall–Kier alpha value is -5.08. The Balaban J connectivity index is 1.25. The van der Waals surface area contributed by atoms with Crippen LogP contribution in [0.2, 0.25) is 0 Å². The third kappa shape index (κ3) is 8.38. The Kier molecular flexibility index (Phi) is 13.6. The fraction of sp³-hybridized carbons (Fsp3) is 0.235. The standard InChI is InChI=1S/2C28H29.C12H9Si.2ClH.Zr/c2*1-4-10-23-15-16-24-18-21(17-20(2)3)19-27(24)28(23)26-14-9-8-13-25(26)22-11-6-5-7-12-22;1-3-7-11-9(5-1)10-6-2-4-8-12(10)13-11;;;/h2*5-9,11-16,18-20H,4,10,17H2,1-3H3;1-7H,13H2;2*1H;/q;;;;;+2/p-2. The molecule has 0 aromatic heterocycles. The first-order valence-corrected chi connectivity index (χ1v) is 38.6. The first kappa shape index (κ1) is 49.1. The maximum atomic E-state index is 9.74. The van der Waals surface area contributed by atoms with Gasteiger partial charge in [-0.2, -0.15) is 0 Å². The number of allylic oxidation sites excluding steroid dienone is 2. The number of fused-ring (bicyclic) bond motifs is 5. The maximum absolute atomic E-state index is 9.74. The summed E-state index contributed by atoms with van der Waals surface area (Å²) in [5.41, 5.74) is 23.8. The van der Waals surface area contributed by atoms with Gasteiger partial charge in [-0.3, -0.25) is 0 Å². The van der Waals surface area contributed by atoms with E-state index in [-0.39, 0.29) is 7.25 Å². The van der Waals surface area contributed by atoms with Crippen LogP contribution in [0.15, 0.2) is 187 Å². The van der Waals surface area contributed by atoms with Crippen molar-refractivity contribution in [3.05, 3.63) is 220 Å². The Morgan fingerprint density at radius 3 is 1.32 bits per heavy atom. The van der Waals surface area contributed by atoms with Crippen molar-refractivity contribution in [2.24, 2.45) is 11.8 Å². The van der Waals surface area contributed by atoms with E-state index in [0.29, 0.717) is 11.8 Å². The summed E-state index contributed by atoms with van der Waals surface area (Å²) < 4.78 is 0.987. The molecule has 0 saturated heterocycles. The van der Waals surface area contributed by atoms with E-state index in [1.54, 1.807) is 0 Å². The van der Waals surface area contributed by atoms with Crippen molar-refractivity contribution in [2.75, 3.05) is 0 Å². The molecule has 1 heterocycles. The quantitative estimate of drug-likeness (QED) is 0.0898. The summed E-state index contributed by atoms with van der Waals surface area (Å²) in [6, 6.07) is 66.3. The van der Waals surface area contributed by atoms with Crippen LogP contribution in [0.5, 0.6) is 0 Å². The number of rotatable bonds is 15. The Morgan fingerprint density at radius 2 is 0.861 bits per heavy atom. The number of hydrogen-bond donors (Lipinski definition) is 0. The van der Waals surface area contributed by atoms with Crippen LogP contribution in [0, 0.1) is 11.8 Å². The first-order chi connectivity index (χ1) is 35.0. The van der Waals surface area contributed by atoms with E-state index in [1.165, 1.54) is 114 Å². The molecule has 3 aliphatic rings. The fourth-order valence-electron chi connectivity index (χ4n) is 13.5. The van der Waals surface area contributed by atoms with Gasteiger partial charge in [-0.25, -0.2) is 0 Å². The molecule has 8 aromatic rings. The predicted octanol–water partition coefficient (Wildman–Crippen LogP) is 17.4. The van der Waals surface area contributed by atoms with E-state index >= 15 is 0 Å². The summed E-state index contributed by atoms with van der Waals surface area (Å²) >= 11 is -5.89. The monoisotopic (exact) mass is 1070 g/mol. The summed E-state index contributed by atoms with van der Waals surface area (Å²) in [4.78, 5) is 0. The molecule has 2 aliphatic carbocycles. The van der Waals surface area contributed by atoms with Crippen molar-refractivity contribution >= 4 is 52.3 Å². The van der Waals surface area contributed by atoms with Gasteiger partial charge >= 0.3 is 444 Å². The summed E-state index contributed by atoms with van der Waals surface area (Å²) in [5, 5.41) is 2.96. The van der Waals surface area contributed by atoms with Crippen LogP contribution in [0.4, 0.5) is 0 Å². The zero-order valence-corrected chi connectivity index (χ0v) is 48.3. The predicted molar refractivity (Wildman–Crippen MR) is 314 cm³/mol. The van der Waals surface area contributed by atoms with Crippen molar-refractivity contribution in [2.45, 2.75) is 87.3 Å². The fourth-order valence-corrected chi connectivity index (χ4v) is 41.3. The molecule has 11 rings (SSSR count). The van der Waals surface area contributed by atoms with Crippen molar-refractivity contribution in [1.82, 2.24) is 0 Å². The van der Waals surface area contributed by atoms with Crippen LogP contribution in [0.3, 0.4) is 0 Å². The molecule has 4 heteroatoms. The number of hydrogen-bond acceptors (Lipinski definition) is 0. The molecular weight excluding hydrogens is 1010 g/mol. The molecular formula is C68H67Cl2SiZr. The second-order valence-electron chi connectivity index (χ2n) is 21.8. The van der Waals surface area contributed by atoms with E-state index in [2.05, 4.69) is 230 Å². The molecule has 0 nitrogen and oxygen atoms in total. The minimum atomic E-state index is -5.89. The van der Waals surface area contributed by atoms with Crippen LogP contribution in [-0.4, -0.2) is 9.52 Å². The van der Waals surface area contributed by atoms with Crippen molar-refractivity contribution < 1.29 is 16.4 Å². The topological polar surface area (TPSA) is 0 Å². The zero-order chi connectivity index (χ0) is 49.8. The number of aryl methyl sites for hydroxylation is 2. The molecule has 0 fully saturated rings. The van der Waals surface area contributed by atoms with Crippen LogP contribution >= 0.6 is 17.0 Å². The van der Waals surface area contributed by atoms with E-state index in [0.717, 1.165) is 38.5 Å². The Bertz CT molecular complexity index is 3240. The molecule has 0 amide bonds. The SMILES string of the molecule is CCCc1ccc2c(c1-c1ccccc1-c1ccccc1)C=C(CC(C)C)[CH]2[Zr]([Cl])([Cl])([c]1cccc2c1[SiH2]c1ccccc1-2)[CH]1C(CC(C)C)=Cc2c1ccc(CCC)c2-c1ccccc1-c1ccccc1. The summed E-state index contributed by atoms with van der Waals surface area (Å²) in [6.07, 6.45) is 11.2. The van der Waals surface area contributed by atoms with Crippen molar-refractivity contribution in [1.29, 1.82) is 0 Å². The average molecular weight is 1070 g/mol. The Labute approximate surface area is 440 Å². The van der Waals surface area contributed by atoms with Crippen LogP contribution in [-0.2, 0) is 29.2 Å². The molecule has 361 valence electrons. The van der Waals surface area contributed by atoms with Gasteiger partial charge in [-0.15, -0.1) is 0 Å². The molecule has 0 N–H and O–H groups in total. The molecule has 0 radical (unpaired) electrons. The van der Waals surface area contributed by atoms with Gasteiger partial charge < -0.3 is 0 Å². The summed E-state index contributed by atoms with van der Waals surface area (Å²) in [7, 11) is 18.5. The molecule has 0 bridgehead atoms. The number of halogens is 2. The van der Waals surface area contributed by atoms with E-state index in [1.807, 2.05) is 0 Å². The third-order valence-corrected chi connectivity index (χ3v) is 38.9. The summed E-state index contributed by atoms with van der Waals surface area (Å²) in [6.45, 7) is 14.1. The van der Waals surface area contributed by atoms with Crippen LogP contribution < -0.4 is 13.6 Å². The molecule has 1 aliphatic heterocycles. The normalized spacial score (nSPS) is 16.6. The van der Waals surface area contributed by atoms with E-state index < -0.39 is 25.9 Å². The van der Waals surface area contributed by atoms with Gasteiger partial charge in [-0.1, -0.05) is 0 Å². The second kappa shape index (κ2) is 20.0. The van der Waals surface area contributed by atoms with Crippen molar-refractivity contribution in [3.63, 3.8) is 0 Å². The first-order valence-electron chi connectivity index (χ1n) is 26.8. The van der Waals surface area contributed by atoms with Gasteiger partial charge in [0.2, 0.25) is 0 Å².